The normalized spacial score (nSPS) is 17.6. The lowest BCUT2D eigenvalue weighted by atomic mass is 10.0. The summed E-state index contributed by atoms with van der Waals surface area (Å²) >= 11 is 0. The Kier molecular flexibility index (Phi) is 5.05. The Balaban J connectivity index is 1.52. The quantitative estimate of drug-likeness (QED) is 0.843. The summed E-state index contributed by atoms with van der Waals surface area (Å²) in [5.74, 6) is 1.20. The van der Waals surface area contributed by atoms with Crippen molar-refractivity contribution in [3.05, 3.63) is 53.1 Å². The fourth-order valence-corrected chi connectivity index (χ4v) is 4.10. The second-order valence-electron chi connectivity index (χ2n) is 7.37. The lowest BCUT2D eigenvalue weighted by Crippen LogP contribution is -2.50. The number of benzene rings is 2. The lowest BCUT2D eigenvalue weighted by Gasteiger charge is -2.40. The molecule has 152 valence electrons. The zero-order valence-electron chi connectivity index (χ0n) is 16.9. The van der Waals surface area contributed by atoms with Gasteiger partial charge in [-0.1, -0.05) is 0 Å². The molecule has 4 rings (SSSR count). The van der Waals surface area contributed by atoms with E-state index in [1.807, 2.05) is 30.1 Å². The van der Waals surface area contributed by atoms with Gasteiger partial charge in [-0.25, -0.2) is 0 Å². The maximum atomic E-state index is 12.7. The van der Waals surface area contributed by atoms with E-state index < -0.39 is 0 Å². The van der Waals surface area contributed by atoms with E-state index in [9.17, 15) is 9.59 Å². The van der Waals surface area contributed by atoms with Crippen molar-refractivity contribution in [3.63, 3.8) is 0 Å². The summed E-state index contributed by atoms with van der Waals surface area (Å²) < 4.78 is 10.5. The standard InChI is InChI=1S/C22H25N3O4/c1-24-19-11-15(6-7-18(19)22(27)25-8-4-5-20(24)25)21(26)23-13-14-9-16(28-2)12-17(10-14)29-3/h6-7,9-12,20H,4-5,8,13H2,1-3H3,(H,23,26)/t20-/m1/s1. The molecule has 0 aliphatic carbocycles. The van der Waals surface area contributed by atoms with Crippen molar-refractivity contribution in [1.82, 2.24) is 10.2 Å². The Morgan fingerprint density at radius 1 is 1.14 bits per heavy atom. The van der Waals surface area contributed by atoms with Gasteiger partial charge < -0.3 is 24.6 Å². The van der Waals surface area contributed by atoms with Crippen molar-refractivity contribution in [2.75, 3.05) is 32.7 Å². The molecule has 1 fully saturated rings. The van der Waals surface area contributed by atoms with E-state index in [-0.39, 0.29) is 18.0 Å². The fraction of sp³-hybridized carbons (Fsp3) is 0.364. The minimum absolute atomic E-state index is 0.0519. The summed E-state index contributed by atoms with van der Waals surface area (Å²) in [6.07, 6.45) is 2.04. The first-order valence-electron chi connectivity index (χ1n) is 9.70. The number of hydrogen-bond donors (Lipinski definition) is 1. The van der Waals surface area contributed by atoms with Crippen LogP contribution in [0.4, 0.5) is 5.69 Å². The molecule has 2 aliphatic rings. The van der Waals surface area contributed by atoms with Crippen LogP contribution in [-0.4, -0.2) is 50.7 Å². The van der Waals surface area contributed by atoms with Crippen LogP contribution in [0.25, 0.3) is 0 Å². The third-order valence-corrected chi connectivity index (χ3v) is 5.66. The van der Waals surface area contributed by atoms with Gasteiger partial charge in [0.15, 0.2) is 0 Å². The highest BCUT2D eigenvalue weighted by Gasteiger charge is 2.38. The van der Waals surface area contributed by atoms with E-state index >= 15 is 0 Å². The molecule has 1 atom stereocenters. The van der Waals surface area contributed by atoms with Crippen LogP contribution in [-0.2, 0) is 6.54 Å². The molecule has 0 unspecified atom stereocenters. The zero-order valence-corrected chi connectivity index (χ0v) is 16.9. The molecule has 0 saturated carbocycles. The molecule has 7 nitrogen and oxygen atoms in total. The molecular formula is C22H25N3O4. The predicted octanol–water partition coefficient (Wildman–Crippen LogP) is 2.65. The van der Waals surface area contributed by atoms with Crippen molar-refractivity contribution in [3.8, 4) is 11.5 Å². The van der Waals surface area contributed by atoms with Crippen LogP contribution in [0.2, 0.25) is 0 Å². The van der Waals surface area contributed by atoms with Gasteiger partial charge >= 0.3 is 0 Å². The summed E-state index contributed by atoms with van der Waals surface area (Å²) in [6, 6.07) is 10.8. The van der Waals surface area contributed by atoms with Crippen LogP contribution in [0.3, 0.4) is 0 Å². The first kappa shape index (κ1) is 19.1. The molecule has 7 heteroatoms. The number of ether oxygens (including phenoxy) is 2. The average molecular weight is 395 g/mol. The zero-order chi connectivity index (χ0) is 20.5. The van der Waals surface area contributed by atoms with Gasteiger partial charge in [0, 0.05) is 31.8 Å². The first-order valence-corrected chi connectivity index (χ1v) is 9.70. The van der Waals surface area contributed by atoms with Crippen LogP contribution in [0.1, 0.15) is 39.1 Å². The molecule has 2 amide bonds. The molecule has 0 radical (unpaired) electrons. The van der Waals surface area contributed by atoms with Gasteiger partial charge in [-0.3, -0.25) is 9.59 Å². The summed E-state index contributed by atoms with van der Waals surface area (Å²) in [4.78, 5) is 29.5. The molecular weight excluding hydrogens is 370 g/mol. The topological polar surface area (TPSA) is 71.1 Å². The Morgan fingerprint density at radius 2 is 1.86 bits per heavy atom. The predicted molar refractivity (Wildman–Crippen MR) is 110 cm³/mol. The number of fused-ring (bicyclic) bond motifs is 2. The van der Waals surface area contributed by atoms with Gasteiger partial charge in [0.25, 0.3) is 11.8 Å². The highest BCUT2D eigenvalue weighted by molar-refractivity contribution is 6.04. The van der Waals surface area contributed by atoms with Crippen molar-refractivity contribution in [2.45, 2.75) is 25.6 Å². The number of nitrogens with one attached hydrogen (secondary N) is 1. The SMILES string of the molecule is COc1cc(CNC(=O)c2ccc3c(c2)N(C)[C@H]2CCCN2C3=O)cc(OC)c1. The average Bonchev–Trinajstić information content (AvgIpc) is 3.25. The minimum Gasteiger partial charge on any atom is -0.497 e. The molecule has 2 aromatic carbocycles. The van der Waals surface area contributed by atoms with Crippen LogP contribution >= 0.6 is 0 Å². The first-order chi connectivity index (χ1) is 14.0. The molecule has 0 bridgehead atoms. The van der Waals surface area contributed by atoms with Gasteiger partial charge in [-0.15, -0.1) is 0 Å². The largest absolute Gasteiger partial charge is 0.497 e. The number of methoxy groups -OCH3 is 2. The summed E-state index contributed by atoms with van der Waals surface area (Å²) in [5.41, 5.74) is 2.87. The van der Waals surface area contributed by atoms with Gasteiger partial charge in [0.2, 0.25) is 0 Å². The molecule has 2 aromatic rings. The molecule has 29 heavy (non-hydrogen) atoms. The highest BCUT2D eigenvalue weighted by atomic mass is 16.5. The van der Waals surface area contributed by atoms with Crippen molar-refractivity contribution in [2.24, 2.45) is 0 Å². The second kappa shape index (κ2) is 7.66. The van der Waals surface area contributed by atoms with Gasteiger partial charge in [0.05, 0.1) is 25.5 Å². The Bertz CT molecular complexity index is 937. The number of rotatable bonds is 5. The van der Waals surface area contributed by atoms with E-state index in [4.69, 9.17) is 9.47 Å². The van der Waals surface area contributed by atoms with E-state index in [0.717, 1.165) is 30.6 Å². The molecule has 1 N–H and O–H groups in total. The molecule has 2 aliphatic heterocycles. The number of carbonyl (C=O) groups excluding carboxylic acids is 2. The smallest absolute Gasteiger partial charge is 0.257 e. The third-order valence-electron chi connectivity index (χ3n) is 5.66. The summed E-state index contributed by atoms with van der Waals surface area (Å²) in [7, 11) is 5.17. The number of amides is 2. The van der Waals surface area contributed by atoms with Gasteiger partial charge in [-0.2, -0.15) is 0 Å². The minimum atomic E-state index is -0.190. The number of hydrogen-bond acceptors (Lipinski definition) is 5. The van der Waals surface area contributed by atoms with Crippen molar-refractivity contribution < 1.29 is 19.1 Å². The fourth-order valence-electron chi connectivity index (χ4n) is 4.10. The van der Waals surface area contributed by atoms with E-state index in [2.05, 4.69) is 10.2 Å². The van der Waals surface area contributed by atoms with Gasteiger partial charge in [-0.05, 0) is 48.7 Å². The van der Waals surface area contributed by atoms with Crippen LogP contribution in [0, 0.1) is 0 Å². The Hall–Kier alpha value is -3.22. The number of carbonyl (C=O) groups is 2. The Labute approximate surface area is 170 Å². The van der Waals surface area contributed by atoms with Gasteiger partial charge in [0.1, 0.15) is 17.7 Å². The molecule has 0 aromatic heterocycles. The monoisotopic (exact) mass is 395 g/mol. The Morgan fingerprint density at radius 3 is 2.55 bits per heavy atom. The van der Waals surface area contributed by atoms with E-state index in [1.165, 1.54) is 0 Å². The molecule has 2 heterocycles. The maximum absolute atomic E-state index is 12.7. The summed E-state index contributed by atoms with van der Waals surface area (Å²) in [5, 5.41) is 2.93. The highest BCUT2D eigenvalue weighted by Crippen LogP contribution is 2.35. The van der Waals surface area contributed by atoms with Crippen LogP contribution in [0.15, 0.2) is 36.4 Å². The molecule has 0 spiro atoms. The van der Waals surface area contributed by atoms with Crippen molar-refractivity contribution in [1.29, 1.82) is 0 Å². The molecule has 1 saturated heterocycles. The maximum Gasteiger partial charge on any atom is 0.257 e. The van der Waals surface area contributed by atoms with Crippen LogP contribution in [0.5, 0.6) is 11.5 Å². The third kappa shape index (κ3) is 3.48. The number of nitrogens with zero attached hydrogens (tertiary/aromatic N) is 2. The van der Waals surface area contributed by atoms with Crippen LogP contribution < -0.4 is 19.7 Å². The van der Waals surface area contributed by atoms with E-state index in [0.29, 0.717) is 29.2 Å². The summed E-state index contributed by atoms with van der Waals surface area (Å²) in [6.45, 7) is 1.13. The second-order valence-corrected chi connectivity index (χ2v) is 7.37. The lowest BCUT2D eigenvalue weighted by molar-refractivity contribution is 0.0719. The number of anilines is 1. The van der Waals surface area contributed by atoms with Crippen molar-refractivity contribution >= 4 is 17.5 Å². The van der Waals surface area contributed by atoms with E-state index in [1.54, 1.807) is 32.4 Å².